The molecule has 118 valence electrons. The number of anilines is 2. The zero-order chi connectivity index (χ0) is 15.2. The van der Waals surface area contributed by atoms with Crippen LogP contribution in [0.1, 0.15) is 37.6 Å². The van der Waals surface area contributed by atoms with Gasteiger partial charge in [0, 0.05) is 38.8 Å². The predicted molar refractivity (Wildman–Crippen MR) is 85.4 cm³/mol. The van der Waals surface area contributed by atoms with Gasteiger partial charge < -0.3 is 15.1 Å². The Morgan fingerprint density at radius 1 is 1.33 bits per heavy atom. The zero-order valence-corrected chi connectivity index (χ0v) is 13.4. The molecular weight excluding hydrogens is 266 g/mol. The average molecular weight is 293 g/mol. The van der Waals surface area contributed by atoms with Crippen LogP contribution in [0.3, 0.4) is 0 Å². The lowest BCUT2D eigenvalue weighted by Gasteiger charge is -2.33. The average Bonchev–Trinajstić information content (AvgIpc) is 2.50. The lowest BCUT2D eigenvalue weighted by atomic mass is 9.97. The summed E-state index contributed by atoms with van der Waals surface area (Å²) >= 11 is 0. The van der Waals surface area contributed by atoms with Crippen molar-refractivity contribution < 1.29 is 4.74 Å². The fourth-order valence-corrected chi connectivity index (χ4v) is 2.88. The molecule has 0 bridgehead atoms. The number of hydrogen-bond acceptors (Lipinski definition) is 6. The number of rotatable bonds is 6. The van der Waals surface area contributed by atoms with Crippen molar-refractivity contribution in [3.63, 3.8) is 0 Å². The first-order valence-electron chi connectivity index (χ1n) is 7.77. The molecule has 6 nitrogen and oxygen atoms in total. The van der Waals surface area contributed by atoms with Crippen molar-refractivity contribution >= 4 is 11.6 Å². The van der Waals surface area contributed by atoms with Gasteiger partial charge in [-0.1, -0.05) is 6.92 Å². The van der Waals surface area contributed by atoms with E-state index in [0.29, 0.717) is 5.92 Å². The topological polar surface area (TPSA) is 76.3 Å². The molecule has 0 spiro atoms. The van der Waals surface area contributed by atoms with Crippen LogP contribution in [0.15, 0.2) is 0 Å². The molecule has 2 rings (SSSR count). The number of hydrazine groups is 1. The molecule has 0 aromatic carbocycles. The largest absolute Gasteiger partial charge is 0.384 e. The Kier molecular flexibility index (Phi) is 5.76. The molecule has 1 aliphatic rings. The second-order valence-corrected chi connectivity index (χ2v) is 5.72. The van der Waals surface area contributed by atoms with E-state index >= 15 is 0 Å². The summed E-state index contributed by atoms with van der Waals surface area (Å²) in [5.74, 6) is 8.89. The number of nitrogens with two attached hydrogens (primary N) is 1. The number of nitrogens with one attached hydrogen (secondary N) is 1. The molecule has 3 N–H and O–H groups in total. The minimum Gasteiger partial charge on any atom is -0.384 e. The molecule has 0 unspecified atom stereocenters. The Morgan fingerprint density at radius 3 is 2.62 bits per heavy atom. The fraction of sp³-hybridized carbons (Fsp3) is 0.733. The van der Waals surface area contributed by atoms with Gasteiger partial charge in [-0.05, 0) is 32.1 Å². The molecule has 1 aliphatic heterocycles. The van der Waals surface area contributed by atoms with Gasteiger partial charge in [-0.2, -0.15) is 0 Å². The summed E-state index contributed by atoms with van der Waals surface area (Å²) in [4.78, 5) is 11.6. The predicted octanol–water partition coefficient (Wildman–Crippen LogP) is 1.89. The first kappa shape index (κ1) is 16.0. The first-order chi connectivity index (χ1) is 10.2. The SMILES string of the molecule is CCCc1nc(NN)c(C)c(N2CCC(COC)CC2)n1. The van der Waals surface area contributed by atoms with E-state index in [0.717, 1.165) is 68.4 Å². The van der Waals surface area contributed by atoms with Crippen LogP contribution in [0.2, 0.25) is 0 Å². The highest BCUT2D eigenvalue weighted by Crippen LogP contribution is 2.27. The van der Waals surface area contributed by atoms with Crippen LogP contribution in [-0.4, -0.2) is 36.8 Å². The highest BCUT2D eigenvalue weighted by molar-refractivity contribution is 5.58. The van der Waals surface area contributed by atoms with Crippen molar-refractivity contribution in [1.29, 1.82) is 0 Å². The van der Waals surface area contributed by atoms with E-state index in [1.165, 1.54) is 0 Å². The summed E-state index contributed by atoms with van der Waals surface area (Å²) in [5.41, 5.74) is 3.73. The van der Waals surface area contributed by atoms with Gasteiger partial charge in [0.05, 0.1) is 0 Å². The van der Waals surface area contributed by atoms with Crippen LogP contribution < -0.4 is 16.2 Å². The zero-order valence-electron chi connectivity index (χ0n) is 13.4. The van der Waals surface area contributed by atoms with Crippen molar-refractivity contribution in [2.24, 2.45) is 11.8 Å². The summed E-state index contributed by atoms with van der Waals surface area (Å²) in [6, 6.07) is 0. The standard InChI is InChI=1S/C15H27N5O/c1-4-5-13-17-14(19-16)11(2)15(18-13)20-8-6-12(7-9-20)10-21-3/h12H,4-10,16H2,1-3H3,(H,17,18,19). The summed E-state index contributed by atoms with van der Waals surface area (Å²) in [6.45, 7) is 7.05. The number of nitrogen functional groups attached to an aromatic ring is 1. The van der Waals surface area contributed by atoms with Crippen LogP contribution in [0, 0.1) is 12.8 Å². The smallest absolute Gasteiger partial charge is 0.148 e. The van der Waals surface area contributed by atoms with E-state index in [-0.39, 0.29) is 0 Å². The molecule has 21 heavy (non-hydrogen) atoms. The fourth-order valence-electron chi connectivity index (χ4n) is 2.88. The Hall–Kier alpha value is -1.40. The molecule has 1 aromatic heterocycles. The van der Waals surface area contributed by atoms with Crippen LogP contribution in [0.25, 0.3) is 0 Å². The Labute approximate surface area is 127 Å². The van der Waals surface area contributed by atoms with Gasteiger partial charge in [0.15, 0.2) is 0 Å². The van der Waals surface area contributed by atoms with Gasteiger partial charge in [-0.25, -0.2) is 15.8 Å². The van der Waals surface area contributed by atoms with Gasteiger partial charge >= 0.3 is 0 Å². The van der Waals surface area contributed by atoms with E-state index in [2.05, 4.69) is 22.2 Å². The molecule has 0 amide bonds. The minimum atomic E-state index is 0.663. The van der Waals surface area contributed by atoms with Gasteiger partial charge in [0.25, 0.3) is 0 Å². The van der Waals surface area contributed by atoms with Crippen molar-refractivity contribution in [3.8, 4) is 0 Å². The summed E-state index contributed by atoms with van der Waals surface area (Å²) in [7, 11) is 1.77. The van der Waals surface area contributed by atoms with Crippen LogP contribution in [-0.2, 0) is 11.2 Å². The van der Waals surface area contributed by atoms with E-state index in [1.54, 1.807) is 7.11 Å². The lowest BCUT2D eigenvalue weighted by molar-refractivity contribution is 0.139. The third-order valence-electron chi connectivity index (χ3n) is 4.09. The molecule has 0 radical (unpaired) electrons. The Morgan fingerprint density at radius 2 is 2.05 bits per heavy atom. The highest BCUT2D eigenvalue weighted by Gasteiger charge is 2.23. The number of ether oxygens (including phenoxy) is 1. The number of piperidine rings is 1. The lowest BCUT2D eigenvalue weighted by Crippen LogP contribution is -2.36. The summed E-state index contributed by atoms with van der Waals surface area (Å²) < 4.78 is 5.26. The van der Waals surface area contributed by atoms with E-state index < -0.39 is 0 Å². The second-order valence-electron chi connectivity index (χ2n) is 5.72. The van der Waals surface area contributed by atoms with E-state index in [9.17, 15) is 0 Å². The van der Waals surface area contributed by atoms with Crippen molar-refractivity contribution in [3.05, 3.63) is 11.4 Å². The third kappa shape index (κ3) is 3.83. The maximum atomic E-state index is 5.60. The van der Waals surface area contributed by atoms with Gasteiger partial charge in [-0.3, -0.25) is 0 Å². The van der Waals surface area contributed by atoms with Crippen molar-refractivity contribution in [2.45, 2.75) is 39.5 Å². The molecule has 1 aromatic rings. The summed E-state index contributed by atoms with van der Waals surface area (Å²) in [5, 5.41) is 0. The molecule has 0 saturated carbocycles. The molecule has 0 aliphatic carbocycles. The molecule has 2 heterocycles. The summed E-state index contributed by atoms with van der Waals surface area (Å²) in [6.07, 6.45) is 4.20. The van der Waals surface area contributed by atoms with Crippen LogP contribution in [0.4, 0.5) is 11.6 Å². The highest BCUT2D eigenvalue weighted by atomic mass is 16.5. The molecule has 1 fully saturated rings. The monoisotopic (exact) mass is 293 g/mol. The van der Waals surface area contributed by atoms with Crippen LogP contribution in [0.5, 0.6) is 0 Å². The normalized spacial score (nSPS) is 16.3. The Balaban J connectivity index is 2.17. The maximum Gasteiger partial charge on any atom is 0.148 e. The number of methoxy groups -OCH3 is 1. The molecule has 0 atom stereocenters. The van der Waals surface area contributed by atoms with E-state index in [4.69, 9.17) is 15.6 Å². The number of nitrogens with zero attached hydrogens (tertiary/aromatic N) is 3. The Bertz CT molecular complexity index is 458. The maximum absolute atomic E-state index is 5.60. The minimum absolute atomic E-state index is 0.663. The van der Waals surface area contributed by atoms with Gasteiger partial charge in [-0.15, -0.1) is 0 Å². The third-order valence-corrected chi connectivity index (χ3v) is 4.09. The number of aryl methyl sites for hydroxylation is 1. The van der Waals surface area contributed by atoms with Crippen molar-refractivity contribution in [1.82, 2.24) is 9.97 Å². The van der Waals surface area contributed by atoms with Crippen LogP contribution >= 0.6 is 0 Å². The van der Waals surface area contributed by atoms with E-state index in [1.807, 2.05) is 6.92 Å². The van der Waals surface area contributed by atoms with Crippen molar-refractivity contribution in [2.75, 3.05) is 37.1 Å². The number of hydrogen-bond donors (Lipinski definition) is 2. The van der Waals surface area contributed by atoms with Gasteiger partial charge in [0.1, 0.15) is 17.5 Å². The second kappa shape index (κ2) is 7.56. The van der Waals surface area contributed by atoms with Gasteiger partial charge in [0.2, 0.25) is 0 Å². The first-order valence-corrected chi connectivity index (χ1v) is 7.77. The molecule has 6 heteroatoms. The molecular formula is C15H27N5O. The number of aromatic nitrogens is 2. The molecule has 1 saturated heterocycles. The quantitative estimate of drug-likeness (QED) is 0.616.